The number of hydrogen-bond donors (Lipinski definition) is 0. The number of imidazole rings is 1. The summed E-state index contributed by atoms with van der Waals surface area (Å²) in [6.07, 6.45) is 1.68. The number of benzene rings is 1. The Kier molecular flexibility index (Phi) is 6.53. The lowest BCUT2D eigenvalue weighted by Crippen LogP contribution is -2.47. The summed E-state index contributed by atoms with van der Waals surface area (Å²) in [5.41, 5.74) is 3.10. The molecule has 1 aliphatic rings. The summed E-state index contributed by atoms with van der Waals surface area (Å²) in [7, 11) is 0. The second-order valence-electron chi connectivity index (χ2n) is 7.64. The third-order valence-electron chi connectivity index (χ3n) is 5.76. The summed E-state index contributed by atoms with van der Waals surface area (Å²) in [6.45, 7) is 8.94. The van der Waals surface area contributed by atoms with Gasteiger partial charge in [-0.25, -0.2) is 9.78 Å². The van der Waals surface area contributed by atoms with Gasteiger partial charge in [0, 0.05) is 38.9 Å². The Morgan fingerprint density at radius 2 is 1.91 bits per heavy atom. The van der Waals surface area contributed by atoms with Gasteiger partial charge in [0.05, 0.1) is 41.5 Å². The van der Waals surface area contributed by atoms with Crippen LogP contribution in [0.25, 0.3) is 11.0 Å². The minimum Gasteiger partial charge on any atom is -0.462 e. The van der Waals surface area contributed by atoms with Gasteiger partial charge in [0.15, 0.2) is 4.77 Å². The van der Waals surface area contributed by atoms with E-state index in [4.69, 9.17) is 22.2 Å². The fourth-order valence-corrected chi connectivity index (χ4v) is 4.47. The fraction of sp³-hybridized carbons (Fsp3) is 0.391. The van der Waals surface area contributed by atoms with E-state index in [9.17, 15) is 4.79 Å². The summed E-state index contributed by atoms with van der Waals surface area (Å²) in [5.74, 6) is 0.513. The first-order valence-electron chi connectivity index (χ1n) is 10.8. The molecule has 3 heterocycles. The lowest BCUT2D eigenvalue weighted by Gasteiger charge is -2.35. The molecule has 0 radical (unpaired) electrons. The summed E-state index contributed by atoms with van der Waals surface area (Å²) in [6, 6.07) is 11.3. The van der Waals surface area contributed by atoms with Crippen LogP contribution in [0.2, 0.25) is 0 Å². The number of nitriles is 1. The Balaban J connectivity index is 1.55. The molecule has 0 bridgehead atoms. The molecule has 9 heteroatoms. The van der Waals surface area contributed by atoms with Gasteiger partial charge < -0.3 is 18.8 Å². The van der Waals surface area contributed by atoms with Crippen molar-refractivity contribution in [1.82, 2.24) is 19.0 Å². The van der Waals surface area contributed by atoms with E-state index in [0.29, 0.717) is 24.4 Å². The molecule has 0 saturated carbocycles. The van der Waals surface area contributed by atoms with Crippen molar-refractivity contribution in [2.45, 2.75) is 27.1 Å². The smallest absolute Gasteiger partial charge is 0.338 e. The van der Waals surface area contributed by atoms with Crippen LogP contribution in [-0.2, 0) is 18.0 Å². The van der Waals surface area contributed by atoms with E-state index < -0.39 is 0 Å². The molecule has 1 fully saturated rings. The summed E-state index contributed by atoms with van der Waals surface area (Å²) in [4.78, 5) is 21.2. The highest BCUT2D eigenvalue weighted by atomic mass is 32.1. The molecule has 32 heavy (non-hydrogen) atoms. The molecule has 166 valence electrons. The van der Waals surface area contributed by atoms with Crippen molar-refractivity contribution >= 4 is 35.0 Å². The molecular weight excluding hydrogens is 424 g/mol. The topological polar surface area (TPSA) is 79.3 Å². The molecule has 0 amide bonds. The van der Waals surface area contributed by atoms with Crippen LogP contribution in [0.4, 0.5) is 5.82 Å². The standard InChI is InChI=1S/C23H26N6O2S/c1-3-28-19-6-5-18(22(30)31-4-2)14-20(19)29(23(28)32)16-26-9-11-27(12-10-26)21-13-17(15-24)7-8-25-21/h5-8,13-14H,3-4,9-12,16H2,1-2H3. The van der Waals surface area contributed by atoms with E-state index in [1.165, 1.54) is 0 Å². The van der Waals surface area contributed by atoms with Gasteiger partial charge in [-0.15, -0.1) is 0 Å². The van der Waals surface area contributed by atoms with Gasteiger partial charge in [0.2, 0.25) is 0 Å². The number of hydrogen-bond acceptors (Lipinski definition) is 7. The van der Waals surface area contributed by atoms with Crippen molar-refractivity contribution in [1.29, 1.82) is 5.26 Å². The van der Waals surface area contributed by atoms with Crippen LogP contribution >= 0.6 is 12.2 Å². The van der Waals surface area contributed by atoms with Crippen molar-refractivity contribution in [2.75, 3.05) is 37.7 Å². The molecule has 3 aromatic rings. The van der Waals surface area contributed by atoms with Crippen molar-refractivity contribution in [3.8, 4) is 6.07 Å². The maximum Gasteiger partial charge on any atom is 0.338 e. The molecule has 2 aromatic heterocycles. The monoisotopic (exact) mass is 450 g/mol. The minimum absolute atomic E-state index is 0.322. The van der Waals surface area contributed by atoms with Crippen LogP contribution in [0, 0.1) is 16.1 Å². The first-order chi connectivity index (χ1) is 15.5. The average molecular weight is 451 g/mol. The van der Waals surface area contributed by atoms with Crippen LogP contribution in [0.3, 0.4) is 0 Å². The number of fused-ring (bicyclic) bond motifs is 1. The quantitative estimate of drug-likeness (QED) is 0.421. The summed E-state index contributed by atoms with van der Waals surface area (Å²) < 4.78 is 10.1. The normalized spacial score (nSPS) is 14.5. The molecule has 1 saturated heterocycles. The Morgan fingerprint density at radius 1 is 1.12 bits per heavy atom. The molecule has 1 aromatic carbocycles. The first-order valence-corrected chi connectivity index (χ1v) is 11.2. The number of carbonyl (C=O) groups is 1. The van der Waals surface area contributed by atoms with E-state index in [0.717, 1.165) is 54.3 Å². The van der Waals surface area contributed by atoms with Gasteiger partial charge in [-0.1, -0.05) is 0 Å². The van der Waals surface area contributed by atoms with E-state index >= 15 is 0 Å². The second-order valence-corrected chi connectivity index (χ2v) is 8.00. The van der Waals surface area contributed by atoms with Crippen molar-refractivity contribution in [3.05, 3.63) is 52.4 Å². The van der Waals surface area contributed by atoms with Crippen molar-refractivity contribution in [3.63, 3.8) is 0 Å². The Labute approximate surface area is 192 Å². The number of pyridine rings is 1. The van der Waals surface area contributed by atoms with Gasteiger partial charge in [0.1, 0.15) is 5.82 Å². The van der Waals surface area contributed by atoms with E-state index in [1.807, 2.05) is 18.2 Å². The number of aromatic nitrogens is 3. The molecule has 0 aliphatic carbocycles. The SMILES string of the molecule is CCOC(=O)c1ccc2c(c1)n(CN1CCN(c3cc(C#N)ccn3)CC1)c(=S)n2CC. The first kappa shape index (κ1) is 22.0. The van der Waals surface area contributed by atoms with Gasteiger partial charge in [-0.05, 0) is 56.4 Å². The zero-order valence-electron chi connectivity index (χ0n) is 18.3. The van der Waals surface area contributed by atoms with E-state index in [2.05, 4.69) is 36.9 Å². The number of carbonyl (C=O) groups excluding carboxylic acids is 1. The predicted molar refractivity (Wildman–Crippen MR) is 125 cm³/mol. The largest absolute Gasteiger partial charge is 0.462 e. The molecule has 4 rings (SSSR count). The number of anilines is 1. The second kappa shape index (κ2) is 9.51. The van der Waals surface area contributed by atoms with Crippen LogP contribution in [0.5, 0.6) is 0 Å². The van der Waals surface area contributed by atoms with Crippen LogP contribution < -0.4 is 4.90 Å². The molecule has 1 aliphatic heterocycles. The summed E-state index contributed by atoms with van der Waals surface area (Å²) >= 11 is 5.78. The number of nitrogens with zero attached hydrogens (tertiary/aromatic N) is 6. The van der Waals surface area contributed by atoms with Crippen molar-refractivity contribution in [2.24, 2.45) is 0 Å². The number of esters is 1. The summed E-state index contributed by atoms with van der Waals surface area (Å²) in [5, 5.41) is 9.14. The molecule has 0 unspecified atom stereocenters. The Morgan fingerprint density at radius 3 is 2.59 bits per heavy atom. The van der Waals surface area contributed by atoms with Gasteiger partial charge in [-0.3, -0.25) is 4.90 Å². The Bertz CT molecular complexity index is 1230. The molecule has 0 N–H and O–H groups in total. The maximum absolute atomic E-state index is 12.3. The molecule has 0 atom stereocenters. The van der Waals surface area contributed by atoms with Gasteiger partial charge in [-0.2, -0.15) is 5.26 Å². The van der Waals surface area contributed by atoms with Crippen LogP contribution in [0.1, 0.15) is 29.8 Å². The number of rotatable bonds is 6. The fourth-order valence-electron chi connectivity index (χ4n) is 4.08. The third kappa shape index (κ3) is 4.24. The zero-order valence-corrected chi connectivity index (χ0v) is 19.1. The zero-order chi connectivity index (χ0) is 22.7. The predicted octanol–water partition coefficient (Wildman–Crippen LogP) is 3.42. The van der Waals surface area contributed by atoms with Gasteiger partial charge in [0.25, 0.3) is 0 Å². The highest BCUT2D eigenvalue weighted by molar-refractivity contribution is 7.71. The van der Waals surface area contributed by atoms with Crippen molar-refractivity contribution < 1.29 is 9.53 Å². The molecular formula is C23H26N6O2S. The number of piperazine rings is 1. The highest BCUT2D eigenvalue weighted by Crippen LogP contribution is 2.22. The van der Waals surface area contributed by atoms with E-state index in [-0.39, 0.29) is 5.97 Å². The lowest BCUT2D eigenvalue weighted by molar-refractivity contribution is 0.0526. The molecule has 8 nitrogen and oxygen atoms in total. The highest BCUT2D eigenvalue weighted by Gasteiger charge is 2.21. The number of aryl methyl sites for hydroxylation is 1. The van der Waals surface area contributed by atoms with Crippen LogP contribution in [-0.4, -0.2) is 57.8 Å². The van der Waals surface area contributed by atoms with E-state index in [1.54, 1.807) is 25.3 Å². The molecule has 0 spiro atoms. The minimum atomic E-state index is -0.322. The Hall–Kier alpha value is -3.22. The average Bonchev–Trinajstić information content (AvgIpc) is 3.09. The van der Waals surface area contributed by atoms with Crippen LogP contribution in [0.15, 0.2) is 36.5 Å². The lowest BCUT2D eigenvalue weighted by atomic mass is 10.2. The van der Waals surface area contributed by atoms with Gasteiger partial charge >= 0.3 is 5.97 Å². The third-order valence-corrected chi connectivity index (χ3v) is 6.20. The maximum atomic E-state index is 12.3. The number of ether oxygens (including phenoxy) is 1.